The fraction of sp³-hybridized carbons (Fsp3) is 0.0455. The number of rotatable bonds is 4. The van der Waals surface area contributed by atoms with Gasteiger partial charge >= 0.3 is 5.97 Å². The molecule has 1 aliphatic rings. The smallest absolute Gasteiger partial charge is 0.337 e. The van der Waals surface area contributed by atoms with Gasteiger partial charge in [0.1, 0.15) is 11.5 Å². The first-order valence-corrected chi connectivity index (χ1v) is 10.0. The standard InChI is InChI=1S/C22H15ClN2O4S/c1-28-21(27)14-4-2-13(3-5-14)18-11-10-17(29-18)12-19-20(26)25(22(24)30-19)16-8-6-15(23)7-9-16/h2-12,24H,1H3/b19-12-,24-22?. The van der Waals surface area contributed by atoms with E-state index in [1.54, 1.807) is 66.7 Å². The fourth-order valence-electron chi connectivity index (χ4n) is 2.91. The minimum Gasteiger partial charge on any atom is -0.465 e. The third-order valence-corrected chi connectivity index (χ3v) is 5.54. The van der Waals surface area contributed by atoms with E-state index < -0.39 is 5.97 Å². The number of nitrogens with one attached hydrogen (secondary N) is 1. The number of amidine groups is 1. The molecule has 0 spiro atoms. The highest BCUT2D eigenvalue weighted by molar-refractivity contribution is 8.19. The number of thioether (sulfide) groups is 1. The third-order valence-electron chi connectivity index (χ3n) is 4.40. The molecule has 1 N–H and O–H groups in total. The highest BCUT2D eigenvalue weighted by atomic mass is 35.5. The van der Waals surface area contributed by atoms with E-state index >= 15 is 0 Å². The number of carbonyl (C=O) groups is 2. The Hall–Kier alpha value is -3.29. The van der Waals surface area contributed by atoms with E-state index in [1.807, 2.05) is 0 Å². The summed E-state index contributed by atoms with van der Waals surface area (Å²) in [6, 6.07) is 17.1. The maximum absolute atomic E-state index is 12.8. The van der Waals surface area contributed by atoms with Gasteiger partial charge in [-0.15, -0.1) is 0 Å². The lowest BCUT2D eigenvalue weighted by atomic mass is 10.1. The number of amides is 1. The van der Waals surface area contributed by atoms with E-state index in [1.165, 1.54) is 12.0 Å². The summed E-state index contributed by atoms with van der Waals surface area (Å²) >= 11 is 6.97. The predicted octanol–water partition coefficient (Wildman–Crippen LogP) is 5.44. The largest absolute Gasteiger partial charge is 0.465 e. The average molecular weight is 439 g/mol. The van der Waals surface area contributed by atoms with Gasteiger partial charge in [-0.1, -0.05) is 23.7 Å². The zero-order valence-electron chi connectivity index (χ0n) is 15.7. The molecular formula is C22H15ClN2O4S. The van der Waals surface area contributed by atoms with Gasteiger partial charge in [-0.2, -0.15) is 0 Å². The molecule has 0 radical (unpaired) electrons. The Kier molecular flexibility index (Phi) is 5.48. The SMILES string of the molecule is COC(=O)c1ccc(-c2ccc(/C=C3\SC(=N)N(c4ccc(Cl)cc4)C3=O)o2)cc1. The van der Waals surface area contributed by atoms with Crippen molar-refractivity contribution in [1.82, 2.24) is 0 Å². The van der Waals surface area contributed by atoms with Gasteiger partial charge in [-0.25, -0.2) is 4.79 Å². The van der Waals surface area contributed by atoms with Crippen LogP contribution in [0.1, 0.15) is 16.1 Å². The van der Waals surface area contributed by atoms with Gasteiger partial charge in [0.25, 0.3) is 5.91 Å². The van der Waals surface area contributed by atoms with Crippen LogP contribution in [0, 0.1) is 5.41 Å². The summed E-state index contributed by atoms with van der Waals surface area (Å²) in [4.78, 5) is 26.0. The quantitative estimate of drug-likeness (QED) is 0.433. The van der Waals surface area contributed by atoms with Gasteiger partial charge in [0.2, 0.25) is 0 Å². The van der Waals surface area contributed by atoms with Crippen LogP contribution in [-0.4, -0.2) is 24.2 Å². The molecule has 2 aromatic carbocycles. The number of furan rings is 1. The minimum absolute atomic E-state index is 0.110. The Morgan fingerprint density at radius 2 is 1.80 bits per heavy atom. The van der Waals surface area contributed by atoms with Crippen molar-refractivity contribution in [2.75, 3.05) is 12.0 Å². The monoisotopic (exact) mass is 438 g/mol. The summed E-state index contributed by atoms with van der Waals surface area (Å²) in [5.74, 6) is 0.380. The van der Waals surface area contributed by atoms with Crippen LogP contribution >= 0.6 is 23.4 Å². The summed E-state index contributed by atoms with van der Waals surface area (Å²) in [7, 11) is 1.33. The number of carbonyl (C=O) groups excluding carboxylic acids is 2. The maximum Gasteiger partial charge on any atom is 0.337 e. The molecule has 1 aliphatic heterocycles. The Bertz CT molecular complexity index is 1170. The van der Waals surface area contributed by atoms with E-state index in [0.717, 1.165) is 17.3 Å². The molecule has 8 heteroatoms. The first kappa shape index (κ1) is 20.0. The molecule has 1 amide bonds. The van der Waals surface area contributed by atoms with E-state index in [-0.39, 0.29) is 11.1 Å². The van der Waals surface area contributed by atoms with Crippen LogP contribution in [0.3, 0.4) is 0 Å². The van der Waals surface area contributed by atoms with Crippen LogP contribution in [0.5, 0.6) is 0 Å². The molecule has 1 saturated heterocycles. The number of nitrogens with zero attached hydrogens (tertiary/aromatic N) is 1. The Morgan fingerprint density at radius 3 is 2.47 bits per heavy atom. The zero-order valence-corrected chi connectivity index (χ0v) is 17.3. The Balaban J connectivity index is 1.55. The number of ether oxygens (including phenoxy) is 1. The summed E-state index contributed by atoms with van der Waals surface area (Å²) in [6.07, 6.45) is 1.61. The maximum atomic E-state index is 12.8. The van der Waals surface area contributed by atoms with Crippen molar-refractivity contribution in [3.05, 3.63) is 81.9 Å². The van der Waals surface area contributed by atoms with Crippen LogP contribution in [0.2, 0.25) is 5.02 Å². The van der Waals surface area contributed by atoms with Crippen molar-refractivity contribution in [2.45, 2.75) is 0 Å². The molecule has 30 heavy (non-hydrogen) atoms. The normalized spacial score (nSPS) is 15.1. The van der Waals surface area contributed by atoms with Crippen molar-refractivity contribution in [3.63, 3.8) is 0 Å². The van der Waals surface area contributed by atoms with Gasteiger partial charge in [0.15, 0.2) is 5.17 Å². The lowest BCUT2D eigenvalue weighted by Gasteiger charge is -2.14. The van der Waals surface area contributed by atoms with Crippen LogP contribution in [0.15, 0.2) is 70.0 Å². The third kappa shape index (κ3) is 3.90. The van der Waals surface area contributed by atoms with E-state index in [2.05, 4.69) is 0 Å². The van der Waals surface area contributed by atoms with Crippen molar-refractivity contribution >= 4 is 52.2 Å². The second-order valence-corrected chi connectivity index (χ2v) is 7.77. The van der Waals surface area contributed by atoms with Gasteiger partial charge in [-0.3, -0.25) is 15.1 Å². The molecule has 0 aliphatic carbocycles. The summed E-state index contributed by atoms with van der Waals surface area (Å²) in [5, 5.41) is 8.83. The summed E-state index contributed by atoms with van der Waals surface area (Å²) < 4.78 is 10.5. The number of methoxy groups -OCH3 is 1. The second kappa shape index (κ2) is 8.22. The molecule has 6 nitrogen and oxygen atoms in total. The molecule has 2 heterocycles. The molecule has 1 aromatic heterocycles. The topological polar surface area (TPSA) is 83.6 Å². The average Bonchev–Trinajstić information content (AvgIpc) is 3.33. The summed E-state index contributed by atoms with van der Waals surface area (Å²) in [5.41, 5.74) is 1.81. The molecular weight excluding hydrogens is 424 g/mol. The number of halogens is 1. The minimum atomic E-state index is -0.407. The zero-order chi connectivity index (χ0) is 21.3. The van der Waals surface area contributed by atoms with Gasteiger partial charge in [0.05, 0.1) is 23.3 Å². The molecule has 3 aromatic rings. The Morgan fingerprint density at radius 1 is 1.10 bits per heavy atom. The van der Waals surface area contributed by atoms with Crippen LogP contribution in [0.25, 0.3) is 17.4 Å². The molecule has 0 saturated carbocycles. The van der Waals surface area contributed by atoms with Gasteiger partial charge in [0, 0.05) is 16.7 Å². The number of anilines is 1. The van der Waals surface area contributed by atoms with Crippen molar-refractivity contribution in [1.29, 1.82) is 5.41 Å². The molecule has 0 bridgehead atoms. The lowest BCUT2D eigenvalue weighted by Crippen LogP contribution is -2.27. The highest BCUT2D eigenvalue weighted by Crippen LogP contribution is 2.36. The van der Waals surface area contributed by atoms with E-state index in [4.69, 9.17) is 26.2 Å². The van der Waals surface area contributed by atoms with Gasteiger partial charge < -0.3 is 9.15 Å². The predicted molar refractivity (Wildman–Crippen MR) is 118 cm³/mol. The number of esters is 1. The number of benzene rings is 2. The summed E-state index contributed by atoms with van der Waals surface area (Å²) in [6.45, 7) is 0. The Labute approximate surface area is 181 Å². The molecule has 150 valence electrons. The van der Waals surface area contributed by atoms with Crippen molar-refractivity contribution in [3.8, 4) is 11.3 Å². The van der Waals surface area contributed by atoms with Crippen LogP contribution < -0.4 is 4.90 Å². The van der Waals surface area contributed by atoms with Crippen LogP contribution in [0.4, 0.5) is 5.69 Å². The van der Waals surface area contributed by atoms with E-state index in [9.17, 15) is 9.59 Å². The van der Waals surface area contributed by atoms with Crippen LogP contribution in [-0.2, 0) is 9.53 Å². The molecule has 1 fully saturated rings. The molecule has 4 rings (SSSR count). The highest BCUT2D eigenvalue weighted by Gasteiger charge is 2.33. The lowest BCUT2D eigenvalue weighted by molar-refractivity contribution is -0.113. The van der Waals surface area contributed by atoms with Gasteiger partial charge in [-0.05, 0) is 60.3 Å². The number of hydrogen-bond donors (Lipinski definition) is 1. The molecule has 0 unspecified atom stereocenters. The second-order valence-electron chi connectivity index (χ2n) is 6.30. The fourth-order valence-corrected chi connectivity index (χ4v) is 3.88. The van der Waals surface area contributed by atoms with E-state index in [0.29, 0.717) is 32.7 Å². The first-order valence-electron chi connectivity index (χ1n) is 8.83. The first-order chi connectivity index (χ1) is 14.5. The van der Waals surface area contributed by atoms with Crippen molar-refractivity contribution < 1.29 is 18.7 Å². The number of hydrogen-bond acceptors (Lipinski definition) is 6. The molecule has 0 atom stereocenters. The van der Waals surface area contributed by atoms with Crippen molar-refractivity contribution in [2.24, 2.45) is 0 Å².